The van der Waals surface area contributed by atoms with Crippen molar-refractivity contribution in [3.05, 3.63) is 82.4 Å². The summed E-state index contributed by atoms with van der Waals surface area (Å²) in [6, 6.07) is 10.7. The van der Waals surface area contributed by atoms with Crippen molar-refractivity contribution < 1.29 is 23.5 Å². The van der Waals surface area contributed by atoms with E-state index in [9.17, 15) is 19.1 Å². The van der Waals surface area contributed by atoms with Crippen molar-refractivity contribution in [2.45, 2.75) is 39.8 Å². The van der Waals surface area contributed by atoms with Crippen molar-refractivity contribution in [1.29, 1.82) is 0 Å². The van der Waals surface area contributed by atoms with Crippen LogP contribution in [0.25, 0.3) is 10.4 Å². The molecule has 0 unspecified atom stereocenters. The number of thiophene rings is 1. The number of rotatable bonds is 8. The average Bonchev–Trinajstić information content (AvgIpc) is 3.39. The summed E-state index contributed by atoms with van der Waals surface area (Å²) in [4.78, 5) is 33.7. The topological polar surface area (TPSA) is 143 Å². The number of hydrogen-bond donors (Lipinski definition) is 4. The van der Waals surface area contributed by atoms with Gasteiger partial charge in [0.2, 0.25) is 0 Å². The summed E-state index contributed by atoms with van der Waals surface area (Å²) in [7, 11) is 0. The number of nitrogens with two attached hydrogens (primary N) is 1. The van der Waals surface area contributed by atoms with Crippen LogP contribution in [0, 0.1) is 19.7 Å². The molecular weight excluding hydrogens is 497 g/mol. The number of primary amides is 1. The standard InChI is InChI=1S/C26H26FN5O4S/c1-13-20(36-14(2)30-13)12-29-24(34)19-6-5-7-22(31-19)32-25-17(23(28)33)11-21(37-25)16-9-8-15(10-18(16)27)26(3,4)35/h5-11,35H,12H2,1-4H3,(H2,28,33)(H,29,34)(H,31,32). The molecule has 9 nitrogen and oxygen atoms in total. The first-order valence-electron chi connectivity index (χ1n) is 11.3. The van der Waals surface area contributed by atoms with Gasteiger partial charge in [0, 0.05) is 17.4 Å². The number of anilines is 2. The first kappa shape index (κ1) is 26.0. The van der Waals surface area contributed by atoms with Crippen molar-refractivity contribution in [2.75, 3.05) is 5.32 Å². The molecule has 0 aliphatic rings. The van der Waals surface area contributed by atoms with Gasteiger partial charge in [0.25, 0.3) is 11.8 Å². The van der Waals surface area contributed by atoms with Crippen molar-refractivity contribution in [2.24, 2.45) is 5.73 Å². The van der Waals surface area contributed by atoms with E-state index in [2.05, 4.69) is 20.6 Å². The highest BCUT2D eigenvalue weighted by Gasteiger charge is 2.21. The molecule has 11 heteroatoms. The number of carbonyl (C=O) groups is 2. The van der Waals surface area contributed by atoms with Gasteiger partial charge < -0.3 is 25.9 Å². The van der Waals surface area contributed by atoms with Gasteiger partial charge in [0.15, 0.2) is 5.89 Å². The molecule has 0 saturated heterocycles. The molecule has 0 fully saturated rings. The van der Waals surface area contributed by atoms with Gasteiger partial charge in [0.05, 0.1) is 23.4 Å². The maximum atomic E-state index is 14.9. The van der Waals surface area contributed by atoms with Crippen LogP contribution in [0.5, 0.6) is 0 Å². The van der Waals surface area contributed by atoms with Gasteiger partial charge >= 0.3 is 0 Å². The van der Waals surface area contributed by atoms with E-state index in [0.29, 0.717) is 38.6 Å². The molecule has 4 aromatic rings. The van der Waals surface area contributed by atoms with Gasteiger partial charge in [-0.1, -0.05) is 18.2 Å². The van der Waals surface area contributed by atoms with E-state index in [1.165, 1.54) is 12.1 Å². The van der Waals surface area contributed by atoms with Crippen molar-refractivity contribution in [3.63, 3.8) is 0 Å². The summed E-state index contributed by atoms with van der Waals surface area (Å²) < 4.78 is 20.4. The van der Waals surface area contributed by atoms with E-state index < -0.39 is 23.2 Å². The highest BCUT2D eigenvalue weighted by molar-refractivity contribution is 7.20. The number of amides is 2. The molecule has 0 bridgehead atoms. The highest BCUT2D eigenvalue weighted by Crippen LogP contribution is 2.38. The first-order valence-corrected chi connectivity index (χ1v) is 12.2. The Morgan fingerprint density at radius 1 is 1.16 bits per heavy atom. The normalized spacial score (nSPS) is 11.4. The number of aryl methyl sites for hydroxylation is 2. The smallest absolute Gasteiger partial charge is 0.270 e. The Bertz CT molecular complexity index is 1490. The number of oxazole rings is 1. The maximum absolute atomic E-state index is 14.9. The Morgan fingerprint density at radius 3 is 2.54 bits per heavy atom. The molecule has 37 heavy (non-hydrogen) atoms. The van der Waals surface area contributed by atoms with Crippen LogP contribution in [0.4, 0.5) is 15.2 Å². The Balaban J connectivity index is 1.56. The molecule has 4 rings (SSSR count). The van der Waals surface area contributed by atoms with Gasteiger partial charge in [-0.05, 0) is 50.6 Å². The number of aromatic nitrogens is 2. The monoisotopic (exact) mass is 523 g/mol. The number of benzene rings is 1. The molecule has 2 amide bonds. The predicted molar refractivity (Wildman–Crippen MR) is 138 cm³/mol. The summed E-state index contributed by atoms with van der Waals surface area (Å²) >= 11 is 1.11. The third kappa shape index (κ3) is 5.84. The maximum Gasteiger partial charge on any atom is 0.270 e. The Kier molecular flexibility index (Phi) is 7.10. The Labute approximate surface area is 216 Å². The van der Waals surface area contributed by atoms with Crippen LogP contribution < -0.4 is 16.4 Å². The second-order valence-electron chi connectivity index (χ2n) is 8.93. The molecule has 3 aromatic heterocycles. The first-order chi connectivity index (χ1) is 17.4. The zero-order valence-electron chi connectivity index (χ0n) is 20.7. The second-order valence-corrected chi connectivity index (χ2v) is 9.98. The molecule has 5 N–H and O–H groups in total. The zero-order valence-corrected chi connectivity index (χ0v) is 21.5. The molecule has 0 aliphatic carbocycles. The number of pyridine rings is 1. The van der Waals surface area contributed by atoms with Gasteiger partial charge in [-0.15, -0.1) is 11.3 Å². The van der Waals surface area contributed by atoms with Crippen LogP contribution in [0.3, 0.4) is 0 Å². The molecule has 0 aliphatic heterocycles. The van der Waals surface area contributed by atoms with E-state index in [1.54, 1.807) is 58.0 Å². The van der Waals surface area contributed by atoms with Crippen LogP contribution in [0.2, 0.25) is 0 Å². The molecule has 0 atom stereocenters. The number of carbonyl (C=O) groups excluding carboxylic acids is 2. The quantitative estimate of drug-likeness (QED) is 0.265. The molecule has 1 aromatic carbocycles. The average molecular weight is 524 g/mol. The Hall–Kier alpha value is -4.09. The van der Waals surface area contributed by atoms with Gasteiger partial charge in [-0.3, -0.25) is 9.59 Å². The number of halogens is 1. The molecule has 0 spiro atoms. The van der Waals surface area contributed by atoms with Crippen molar-refractivity contribution >= 4 is 34.0 Å². The van der Waals surface area contributed by atoms with E-state index in [0.717, 1.165) is 11.3 Å². The second kappa shape index (κ2) is 10.1. The highest BCUT2D eigenvalue weighted by atomic mass is 32.1. The largest absolute Gasteiger partial charge is 0.444 e. The fourth-order valence-corrected chi connectivity index (χ4v) is 4.73. The van der Waals surface area contributed by atoms with Crippen LogP contribution >= 0.6 is 11.3 Å². The molecule has 3 heterocycles. The summed E-state index contributed by atoms with van der Waals surface area (Å²) in [5.74, 6) is -0.302. The summed E-state index contributed by atoms with van der Waals surface area (Å²) in [6.07, 6.45) is 0. The third-order valence-corrected chi connectivity index (χ3v) is 6.65. The molecule has 0 radical (unpaired) electrons. The minimum Gasteiger partial charge on any atom is -0.444 e. The number of nitrogens with one attached hydrogen (secondary N) is 2. The van der Waals surface area contributed by atoms with E-state index in [1.807, 2.05) is 0 Å². The number of hydrogen-bond acceptors (Lipinski definition) is 8. The predicted octanol–water partition coefficient (Wildman–Crippen LogP) is 4.55. The van der Waals surface area contributed by atoms with E-state index >= 15 is 0 Å². The minimum atomic E-state index is -1.20. The molecular formula is C26H26FN5O4S. The van der Waals surface area contributed by atoms with Crippen LogP contribution in [-0.2, 0) is 12.1 Å². The van der Waals surface area contributed by atoms with E-state index in [-0.39, 0.29) is 23.4 Å². The minimum absolute atomic E-state index is 0.143. The number of aliphatic hydroxyl groups is 1. The van der Waals surface area contributed by atoms with Gasteiger partial charge in [-0.25, -0.2) is 14.4 Å². The summed E-state index contributed by atoms with van der Waals surface area (Å²) in [5, 5.41) is 16.3. The van der Waals surface area contributed by atoms with Crippen molar-refractivity contribution in [1.82, 2.24) is 15.3 Å². The van der Waals surface area contributed by atoms with Gasteiger partial charge in [0.1, 0.15) is 28.1 Å². The Morgan fingerprint density at radius 2 is 1.92 bits per heavy atom. The number of nitrogens with zero attached hydrogens (tertiary/aromatic N) is 2. The van der Waals surface area contributed by atoms with Crippen LogP contribution in [0.15, 0.2) is 46.9 Å². The summed E-state index contributed by atoms with van der Waals surface area (Å²) in [6.45, 7) is 6.81. The lowest BCUT2D eigenvalue weighted by Crippen LogP contribution is -2.24. The molecule has 192 valence electrons. The SMILES string of the molecule is Cc1nc(C)c(CNC(=O)c2cccc(Nc3sc(-c4ccc(C(C)(C)O)cc4F)cc3C(N)=O)n2)o1. The zero-order chi connectivity index (χ0) is 26.9. The summed E-state index contributed by atoms with van der Waals surface area (Å²) in [5.41, 5.74) is 6.04. The molecule has 0 saturated carbocycles. The lowest BCUT2D eigenvalue weighted by molar-refractivity contribution is 0.0782. The lowest BCUT2D eigenvalue weighted by Gasteiger charge is -2.18. The van der Waals surface area contributed by atoms with Gasteiger partial charge in [-0.2, -0.15) is 0 Å². The fourth-order valence-electron chi connectivity index (χ4n) is 3.63. The van der Waals surface area contributed by atoms with Crippen LogP contribution in [-0.4, -0.2) is 26.9 Å². The van der Waals surface area contributed by atoms with E-state index in [4.69, 9.17) is 10.2 Å². The van der Waals surface area contributed by atoms with Crippen molar-refractivity contribution in [3.8, 4) is 10.4 Å². The van der Waals surface area contributed by atoms with Crippen LogP contribution in [0.1, 0.15) is 57.6 Å². The lowest BCUT2D eigenvalue weighted by atomic mass is 9.96. The fraction of sp³-hybridized carbons (Fsp3) is 0.231. The third-order valence-electron chi connectivity index (χ3n) is 5.57.